The van der Waals surface area contributed by atoms with Crippen molar-refractivity contribution in [3.05, 3.63) is 124 Å². The number of aromatic nitrogens is 3. The van der Waals surface area contributed by atoms with Crippen molar-refractivity contribution in [2.45, 2.75) is 51.4 Å². The number of nitrogens with one attached hydrogen (secondary N) is 2. The van der Waals surface area contributed by atoms with E-state index in [9.17, 15) is 9.59 Å². The highest BCUT2D eigenvalue weighted by Gasteiger charge is 2.20. The molecule has 0 fully saturated rings. The maximum atomic E-state index is 13.6. The molecular formula is C35H39BN4O3. The molecule has 0 aliphatic carbocycles. The number of imidazole rings is 1. The molecule has 2 aliphatic heterocycles. The van der Waals surface area contributed by atoms with E-state index in [4.69, 9.17) is 9.72 Å². The van der Waals surface area contributed by atoms with E-state index >= 15 is 0 Å². The van der Waals surface area contributed by atoms with Crippen molar-refractivity contribution in [3.63, 3.8) is 0 Å². The van der Waals surface area contributed by atoms with Crippen LogP contribution < -0.4 is 15.6 Å². The molecule has 8 heteroatoms. The van der Waals surface area contributed by atoms with Gasteiger partial charge in [-0.15, -0.1) is 0 Å². The fourth-order valence-corrected chi connectivity index (χ4v) is 5.31. The Bertz CT molecular complexity index is 1630. The molecule has 0 unspecified atom stereocenters. The van der Waals surface area contributed by atoms with Gasteiger partial charge in [0.1, 0.15) is 11.4 Å². The lowest BCUT2D eigenvalue weighted by atomic mass is 10.1. The van der Waals surface area contributed by atoms with Crippen molar-refractivity contribution >= 4 is 13.7 Å². The Morgan fingerprint density at radius 1 is 0.837 bits per heavy atom. The number of carbonyl (C=O) groups is 1. The van der Waals surface area contributed by atoms with E-state index in [1.54, 1.807) is 12.4 Å². The van der Waals surface area contributed by atoms with Crippen LogP contribution in [0.5, 0.6) is 5.75 Å². The molecule has 43 heavy (non-hydrogen) atoms. The lowest BCUT2D eigenvalue weighted by molar-refractivity contribution is 0.259. The van der Waals surface area contributed by atoms with Gasteiger partial charge in [0.15, 0.2) is 11.6 Å². The van der Waals surface area contributed by atoms with Crippen LogP contribution in [0.1, 0.15) is 61.0 Å². The van der Waals surface area contributed by atoms with Crippen LogP contribution in [0, 0.1) is 0 Å². The summed E-state index contributed by atoms with van der Waals surface area (Å²) in [6.45, 7) is 1.43. The Kier molecular flexibility index (Phi) is 10.5. The summed E-state index contributed by atoms with van der Waals surface area (Å²) in [6.07, 6.45) is 9.55. The largest absolute Gasteiger partial charge is 0.494 e. The van der Waals surface area contributed by atoms with Gasteiger partial charge < -0.3 is 15.0 Å². The van der Waals surface area contributed by atoms with Gasteiger partial charge in [-0.1, -0.05) is 98.5 Å². The molecule has 0 aromatic heterocycles. The Morgan fingerprint density at radius 3 is 2.30 bits per heavy atom. The first-order chi connectivity index (χ1) is 21.1. The van der Waals surface area contributed by atoms with Crippen LogP contribution in [0.25, 0.3) is 17.1 Å². The molecule has 0 spiro atoms. The molecule has 0 bridgehead atoms. The number of benzene rings is 3. The number of ether oxygens (including phenoxy) is 1. The van der Waals surface area contributed by atoms with Gasteiger partial charge in [0.25, 0.3) is 5.56 Å². The number of rotatable bonds is 15. The molecule has 1 amide bonds. The van der Waals surface area contributed by atoms with Gasteiger partial charge in [0, 0.05) is 25.6 Å². The molecule has 0 radical (unpaired) electrons. The quantitative estimate of drug-likeness (QED) is 0.120. The Hall–Kier alpha value is -4.59. The molecule has 2 aliphatic rings. The highest BCUT2D eigenvalue weighted by Crippen LogP contribution is 2.24. The van der Waals surface area contributed by atoms with Gasteiger partial charge in [0.05, 0.1) is 18.0 Å². The maximum Gasteiger partial charge on any atom is 0.278 e. The van der Waals surface area contributed by atoms with Gasteiger partial charge in [-0.25, -0.2) is 4.98 Å². The molecule has 7 nitrogen and oxygen atoms in total. The smallest absolute Gasteiger partial charge is 0.278 e. The molecule has 5 rings (SSSR count). The molecule has 0 atom stereocenters. The number of fused-ring (bicyclic) bond motifs is 1. The van der Waals surface area contributed by atoms with E-state index in [1.807, 2.05) is 79.0 Å². The zero-order chi connectivity index (χ0) is 29.9. The summed E-state index contributed by atoms with van der Waals surface area (Å²) in [6, 6.07) is 28.2. The van der Waals surface area contributed by atoms with Crippen LogP contribution in [0.4, 0.5) is 4.79 Å². The SMILES string of the molecule is BC(=O)NCCCCCCCCOc1cccc(Cc2nc3c(Cc4ccccc4)[nH]c(-c4ccccc4)cn-3c2=O)c1. The fraction of sp³-hybridized carbons (Fsp3) is 0.286. The summed E-state index contributed by atoms with van der Waals surface area (Å²) in [5, 5.41) is 2.84. The summed E-state index contributed by atoms with van der Waals surface area (Å²) in [4.78, 5) is 33.0. The minimum absolute atomic E-state index is 0.0390. The predicted molar refractivity (Wildman–Crippen MR) is 174 cm³/mol. The average molecular weight is 575 g/mol. The zero-order valence-electron chi connectivity index (χ0n) is 24.9. The molecule has 3 aromatic rings. The Morgan fingerprint density at radius 2 is 1.53 bits per heavy atom. The Balaban J connectivity index is 1.24. The number of carbonyl (C=O) groups excluding carboxylic acids is 1. The summed E-state index contributed by atoms with van der Waals surface area (Å²) in [7, 11) is 1.55. The van der Waals surface area contributed by atoms with Crippen LogP contribution >= 0.6 is 0 Å². The van der Waals surface area contributed by atoms with Gasteiger partial charge in [-0.05, 0) is 41.7 Å². The van der Waals surface area contributed by atoms with E-state index in [2.05, 4.69) is 22.4 Å². The molecular weight excluding hydrogens is 535 g/mol. The summed E-state index contributed by atoms with van der Waals surface area (Å²) < 4.78 is 7.73. The van der Waals surface area contributed by atoms with E-state index < -0.39 is 0 Å². The minimum atomic E-state index is -0.0983. The second-order valence-electron chi connectivity index (χ2n) is 11.0. The van der Waals surface area contributed by atoms with Crippen LogP contribution in [-0.2, 0) is 12.8 Å². The van der Waals surface area contributed by atoms with Gasteiger partial charge in [-0.2, -0.15) is 0 Å². The average Bonchev–Trinajstić information content (AvgIpc) is 3.34. The number of nitrogens with zero attached hydrogens (tertiary/aromatic N) is 2. The normalized spacial score (nSPS) is 11.1. The summed E-state index contributed by atoms with van der Waals surface area (Å²) in [5.41, 5.74) is 5.35. The number of amides is 1. The topological polar surface area (TPSA) is 89.0 Å². The summed E-state index contributed by atoms with van der Waals surface area (Å²) >= 11 is 0. The highest BCUT2D eigenvalue weighted by molar-refractivity contribution is 6.57. The Labute approximate surface area is 254 Å². The first kappa shape index (κ1) is 29.9. The van der Waals surface area contributed by atoms with Crippen LogP contribution in [0.15, 0.2) is 95.9 Å². The number of hydrogen-bond donors (Lipinski definition) is 2. The first-order valence-corrected chi connectivity index (χ1v) is 15.3. The standard InChI is InChI=1S/C35H39BN4O3/c36-35(42)37-20-11-3-1-2-4-12-21-43-29-19-13-16-27(22-29)24-31-34(41)40-25-32(28-17-9-6-10-18-28)38-30(33(40)39-31)23-26-14-7-5-8-15-26/h5-10,13-19,22,25,38H,1-4,11-12,20-21,23-24,36H2,(H,37,42). The first-order valence-electron chi connectivity index (χ1n) is 15.3. The molecule has 0 saturated heterocycles. The number of unbranched alkanes of at least 4 members (excludes halogenated alkanes) is 5. The molecule has 3 aromatic carbocycles. The molecule has 220 valence electrons. The third-order valence-electron chi connectivity index (χ3n) is 7.54. The van der Waals surface area contributed by atoms with Gasteiger partial charge in [0.2, 0.25) is 7.85 Å². The number of hydrogen-bond acceptors (Lipinski definition) is 4. The fourth-order valence-electron chi connectivity index (χ4n) is 5.31. The monoisotopic (exact) mass is 574 g/mol. The molecule has 2 heterocycles. The second kappa shape index (κ2) is 15.1. The van der Waals surface area contributed by atoms with Crippen molar-refractivity contribution in [2.24, 2.45) is 0 Å². The zero-order valence-corrected chi connectivity index (χ0v) is 24.9. The molecule has 2 N–H and O–H groups in total. The second-order valence-corrected chi connectivity index (χ2v) is 11.0. The lowest BCUT2D eigenvalue weighted by Gasteiger charge is -2.13. The van der Waals surface area contributed by atoms with Gasteiger partial charge in [-0.3, -0.25) is 14.2 Å². The highest BCUT2D eigenvalue weighted by atomic mass is 16.5. The van der Waals surface area contributed by atoms with E-state index in [-0.39, 0.29) is 11.4 Å². The van der Waals surface area contributed by atoms with Crippen LogP contribution in [0.2, 0.25) is 0 Å². The van der Waals surface area contributed by atoms with Crippen molar-refractivity contribution in [3.8, 4) is 22.8 Å². The third-order valence-corrected chi connectivity index (χ3v) is 7.54. The van der Waals surface area contributed by atoms with Crippen LogP contribution in [0.3, 0.4) is 0 Å². The van der Waals surface area contributed by atoms with Crippen molar-refractivity contribution in [1.29, 1.82) is 0 Å². The van der Waals surface area contributed by atoms with Gasteiger partial charge >= 0.3 is 0 Å². The number of H-pyrrole nitrogens is 1. The van der Waals surface area contributed by atoms with Crippen molar-refractivity contribution < 1.29 is 9.53 Å². The lowest BCUT2D eigenvalue weighted by Crippen LogP contribution is -2.22. The summed E-state index contributed by atoms with van der Waals surface area (Å²) in [5.74, 6) is 1.51. The van der Waals surface area contributed by atoms with E-state index in [0.29, 0.717) is 31.0 Å². The van der Waals surface area contributed by atoms with Crippen molar-refractivity contribution in [2.75, 3.05) is 13.2 Å². The van der Waals surface area contributed by atoms with E-state index in [1.165, 1.54) is 12.8 Å². The number of aromatic amines is 1. The maximum absolute atomic E-state index is 13.6. The third kappa shape index (κ3) is 8.47. The van der Waals surface area contributed by atoms with E-state index in [0.717, 1.165) is 66.1 Å². The van der Waals surface area contributed by atoms with Crippen LogP contribution in [-0.4, -0.2) is 41.3 Å². The van der Waals surface area contributed by atoms with Crippen molar-refractivity contribution in [1.82, 2.24) is 19.9 Å². The minimum Gasteiger partial charge on any atom is -0.494 e. The molecule has 0 saturated carbocycles. The predicted octanol–water partition coefficient (Wildman–Crippen LogP) is 5.91.